The Morgan fingerprint density at radius 1 is 1.10 bits per heavy atom. The van der Waals surface area contributed by atoms with Crippen molar-refractivity contribution in [2.75, 3.05) is 6.61 Å². The fraction of sp³-hybridized carbons (Fsp3) is 0.407. The molecule has 1 unspecified atom stereocenters. The molecule has 1 aliphatic heterocycles. The Balaban J connectivity index is 2.06. The number of halogens is 6. The highest BCUT2D eigenvalue weighted by molar-refractivity contribution is 5.90. The number of hydrogen-bond acceptors (Lipinski definition) is 4. The highest BCUT2D eigenvalue weighted by atomic mass is 19.4. The van der Waals surface area contributed by atoms with Gasteiger partial charge in [-0.1, -0.05) is 12.1 Å². The predicted molar refractivity (Wildman–Crippen MR) is 129 cm³/mol. The van der Waals surface area contributed by atoms with E-state index in [1.807, 2.05) is 0 Å². The smallest absolute Gasteiger partial charge is 0.416 e. The van der Waals surface area contributed by atoms with Crippen LogP contribution >= 0.6 is 0 Å². The standard InChI is InChI=1S/C27H26F6N2O4/c1-25(2,3)39-23(24(36)37)22-19(27(31,32)33)8-7-18(17-12-34-35(13-17)14-26(28,29)30)21(22)16-6-9-20-15(11-16)5-4-10-38-20/h6-9,11-13,23H,4-5,10,14H2,1-3H3,(H,36,37). The molecule has 6 nitrogen and oxygen atoms in total. The second-order valence-corrected chi connectivity index (χ2v) is 10.2. The van der Waals surface area contributed by atoms with Crippen molar-refractivity contribution in [1.82, 2.24) is 9.78 Å². The van der Waals surface area contributed by atoms with Gasteiger partial charge in [-0.15, -0.1) is 0 Å². The summed E-state index contributed by atoms with van der Waals surface area (Å²) in [6, 6.07) is 6.54. The summed E-state index contributed by atoms with van der Waals surface area (Å²) < 4.78 is 94.0. The summed E-state index contributed by atoms with van der Waals surface area (Å²) in [4.78, 5) is 12.4. The van der Waals surface area contributed by atoms with Gasteiger partial charge in [0.15, 0.2) is 6.10 Å². The third-order valence-electron chi connectivity index (χ3n) is 5.99. The molecule has 210 valence electrons. The highest BCUT2D eigenvalue weighted by Gasteiger charge is 2.41. The van der Waals surface area contributed by atoms with E-state index in [0.29, 0.717) is 35.4 Å². The number of aromatic nitrogens is 2. The minimum atomic E-state index is -4.96. The molecule has 0 spiro atoms. The van der Waals surface area contributed by atoms with E-state index in [9.17, 15) is 36.2 Å². The molecular weight excluding hydrogens is 530 g/mol. The molecule has 3 aromatic rings. The van der Waals surface area contributed by atoms with E-state index in [4.69, 9.17) is 9.47 Å². The maximum atomic E-state index is 14.4. The third-order valence-corrected chi connectivity index (χ3v) is 5.99. The summed E-state index contributed by atoms with van der Waals surface area (Å²) in [5, 5.41) is 13.8. The molecule has 1 N–H and O–H groups in total. The molecule has 0 fully saturated rings. The number of benzene rings is 2. The van der Waals surface area contributed by atoms with Crippen molar-refractivity contribution < 1.29 is 45.7 Å². The largest absolute Gasteiger partial charge is 0.493 e. The molecule has 2 heterocycles. The number of aliphatic carboxylic acids is 1. The van der Waals surface area contributed by atoms with Gasteiger partial charge in [0.1, 0.15) is 12.3 Å². The van der Waals surface area contributed by atoms with Crippen molar-refractivity contribution in [2.24, 2.45) is 0 Å². The number of ether oxygens (including phenoxy) is 2. The Morgan fingerprint density at radius 2 is 1.82 bits per heavy atom. The number of hydrogen-bond donors (Lipinski definition) is 1. The van der Waals surface area contributed by atoms with E-state index < -0.39 is 47.7 Å². The van der Waals surface area contributed by atoms with Crippen LogP contribution in [0.25, 0.3) is 22.3 Å². The van der Waals surface area contributed by atoms with E-state index in [-0.39, 0.29) is 22.3 Å². The van der Waals surface area contributed by atoms with Crippen LogP contribution in [0, 0.1) is 0 Å². The van der Waals surface area contributed by atoms with E-state index in [2.05, 4.69) is 5.10 Å². The molecule has 0 radical (unpaired) electrons. The molecule has 2 aromatic carbocycles. The number of nitrogens with zero attached hydrogens (tertiary/aromatic N) is 2. The van der Waals surface area contributed by atoms with Gasteiger partial charge in [-0.05, 0) is 74.1 Å². The molecule has 0 saturated heterocycles. The number of aryl methyl sites for hydroxylation is 1. The number of fused-ring (bicyclic) bond motifs is 1. The fourth-order valence-corrected chi connectivity index (χ4v) is 4.57. The highest BCUT2D eigenvalue weighted by Crippen LogP contribution is 2.47. The Bertz CT molecular complexity index is 1370. The SMILES string of the molecule is CC(C)(C)OC(C(=O)O)c1c(C(F)(F)F)ccc(-c2cnn(CC(F)(F)F)c2)c1-c1ccc2c(c1)CCCO2. The maximum Gasteiger partial charge on any atom is 0.416 e. The van der Waals surface area contributed by atoms with Gasteiger partial charge in [-0.25, -0.2) is 4.79 Å². The Labute approximate surface area is 220 Å². The fourth-order valence-electron chi connectivity index (χ4n) is 4.57. The number of rotatable bonds is 6. The van der Waals surface area contributed by atoms with Gasteiger partial charge < -0.3 is 14.6 Å². The lowest BCUT2D eigenvalue weighted by atomic mass is 9.84. The molecule has 0 amide bonds. The number of carboxylic acids is 1. The molecule has 39 heavy (non-hydrogen) atoms. The Kier molecular flexibility index (Phi) is 7.46. The minimum Gasteiger partial charge on any atom is -0.493 e. The van der Waals surface area contributed by atoms with Crippen LogP contribution in [0.1, 0.15) is 50.0 Å². The lowest BCUT2D eigenvalue weighted by molar-refractivity contribution is -0.163. The normalized spacial score (nSPS) is 15.0. The van der Waals surface area contributed by atoms with Gasteiger partial charge in [0.25, 0.3) is 0 Å². The van der Waals surface area contributed by atoms with Crippen molar-refractivity contribution in [3.05, 3.63) is 59.4 Å². The van der Waals surface area contributed by atoms with Crippen LogP contribution in [0.5, 0.6) is 5.75 Å². The van der Waals surface area contributed by atoms with Crippen LogP contribution in [0.2, 0.25) is 0 Å². The van der Waals surface area contributed by atoms with Crippen LogP contribution in [-0.2, 0) is 28.7 Å². The van der Waals surface area contributed by atoms with Crippen molar-refractivity contribution in [2.45, 2.75) is 64.2 Å². The first-order chi connectivity index (χ1) is 18.0. The first-order valence-corrected chi connectivity index (χ1v) is 12.0. The monoisotopic (exact) mass is 556 g/mol. The summed E-state index contributed by atoms with van der Waals surface area (Å²) in [6.07, 6.45) is -8.17. The van der Waals surface area contributed by atoms with Crippen LogP contribution < -0.4 is 4.74 Å². The van der Waals surface area contributed by atoms with E-state index >= 15 is 0 Å². The molecule has 12 heteroatoms. The Hall–Kier alpha value is -3.54. The molecule has 1 aliphatic rings. The van der Waals surface area contributed by atoms with Crippen LogP contribution in [0.15, 0.2) is 42.7 Å². The zero-order chi connectivity index (χ0) is 28.8. The van der Waals surface area contributed by atoms with Crippen molar-refractivity contribution in [3.8, 4) is 28.0 Å². The molecule has 4 rings (SSSR count). The lowest BCUT2D eigenvalue weighted by Crippen LogP contribution is -2.29. The van der Waals surface area contributed by atoms with E-state index in [1.54, 1.807) is 12.1 Å². The maximum absolute atomic E-state index is 14.4. The van der Waals surface area contributed by atoms with Gasteiger partial charge in [0, 0.05) is 17.3 Å². The second-order valence-electron chi connectivity index (χ2n) is 10.2. The molecular formula is C27H26F6N2O4. The summed E-state index contributed by atoms with van der Waals surface area (Å²) in [5.74, 6) is -1.10. The quantitative estimate of drug-likeness (QED) is 0.329. The van der Waals surface area contributed by atoms with Crippen molar-refractivity contribution >= 4 is 5.97 Å². The topological polar surface area (TPSA) is 73.6 Å². The zero-order valence-electron chi connectivity index (χ0n) is 21.3. The average Bonchev–Trinajstić information content (AvgIpc) is 3.26. The Morgan fingerprint density at radius 3 is 2.44 bits per heavy atom. The first-order valence-electron chi connectivity index (χ1n) is 12.0. The summed E-state index contributed by atoms with van der Waals surface area (Å²) in [5.41, 5.74) is -2.05. The molecule has 0 bridgehead atoms. The average molecular weight is 557 g/mol. The lowest BCUT2D eigenvalue weighted by Gasteiger charge is -2.30. The number of carbonyl (C=O) groups is 1. The first kappa shape index (κ1) is 28.5. The van der Waals surface area contributed by atoms with Gasteiger partial charge in [0.2, 0.25) is 0 Å². The van der Waals surface area contributed by atoms with E-state index in [1.165, 1.54) is 26.8 Å². The summed E-state index contributed by atoms with van der Waals surface area (Å²) >= 11 is 0. The molecule has 0 saturated carbocycles. The predicted octanol–water partition coefficient (Wildman–Crippen LogP) is 7.06. The zero-order valence-corrected chi connectivity index (χ0v) is 21.3. The van der Waals surface area contributed by atoms with E-state index in [0.717, 1.165) is 24.5 Å². The minimum absolute atomic E-state index is 0.0758. The summed E-state index contributed by atoms with van der Waals surface area (Å²) in [6.45, 7) is 3.60. The number of carboxylic acid groups (broad SMARTS) is 1. The van der Waals surface area contributed by atoms with Crippen LogP contribution in [0.3, 0.4) is 0 Å². The van der Waals surface area contributed by atoms with Crippen LogP contribution in [0.4, 0.5) is 26.3 Å². The van der Waals surface area contributed by atoms with Gasteiger partial charge in [-0.3, -0.25) is 4.68 Å². The van der Waals surface area contributed by atoms with Crippen molar-refractivity contribution in [3.63, 3.8) is 0 Å². The molecule has 0 aliphatic carbocycles. The second kappa shape index (κ2) is 10.2. The van der Waals surface area contributed by atoms with Gasteiger partial charge in [0.05, 0.1) is 24.0 Å². The molecule has 1 aromatic heterocycles. The number of alkyl halides is 6. The van der Waals surface area contributed by atoms with Crippen LogP contribution in [-0.4, -0.2) is 39.2 Å². The van der Waals surface area contributed by atoms with Gasteiger partial charge >= 0.3 is 18.3 Å². The third kappa shape index (κ3) is 6.55. The van der Waals surface area contributed by atoms with Gasteiger partial charge in [-0.2, -0.15) is 31.4 Å². The van der Waals surface area contributed by atoms with Crippen molar-refractivity contribution in [1.29, 1.82) is 0 Å². The summed E-state index contributed by atoms with van der Waals surface area (Å²) in [7, 11) is 0. The molecule has 1 atom stereocenters.